The van der Waals surface area contributed by atoms with Gasteiger partial charge in [0.1, 0.15) is 0 Å². The van der Waals surface area contributed by atoms with Gasteiger partial charge in [0.2, 0.25) is 0 Å². The molecule has 1 aromatic carbocycles. The molecule has 0 fully saturated rings. The number of anilines is 1. The Labute approximate surface area is 83.4 Å². The van der Waals surface area contributed by atoms with Gasteiger partial charge in [-0.1, -0.05) is 35.9 Å². The molecule has 0 spiro atoms. The van der Waals surface area contributed by atoms with Crippen molar-refractivity contribution < 1.29 is 0 Å². The van der Waals surface area contributed by atoms with E-state index in [0.717, 1.165) is 10.7 Å². The van der Waals surface area contributed by atoms with Gasteiger partial charge in [-0.2, -0.15) is 0 Å². The summed E-state index contributed by atoms with van der Waals surface area (Å²) >= 11 is 6.02. The third-order valence-corrected chi connectivity index (χ3v) is 2.56. The largest absolute Gasteiger partial charge is 0.378 e. The van der Waals surface area contributed by atoms with Gasteiger partial charge in [-0.15, -0.1) is 0 Å². The van der Waals surface area contributed by atoms with Crippen LogP contribution in [0, 0.1) is 0 Å². The minimum absolute atomic E-state index is 0.458. The number of halogens is 1. The summed E-state index contributed by atoms with van der Waals surface area (Å²) in [5.41, 5.74) is 1.03. The zero-order chi connectivity index (χ0) is 9.10. The van der Waals surface area contributed by atoms with Gasteiger partial charge >= 0.3 is 0 Å². The van der Waals surface area contributed by atoms with Gasteiger partial charge in [-0.3, -0.25) is 0 Å². The van der Waals surface area contributed by atoms with Crippen LogP contribution in [-0.2, 0) is 0 Å². The van der Waals surface area contributed by atoms with Crippen molar-refractivity contribution in [1.29, 1.82) is 0 Å². The van der Waals surface area contributed by atoms with Crippen molar-refractivity contribution in [2.45, 2.75) is 18.9 Å². The van der Waals surface area contributed by atoms with E-state index in [4.69, 9.17) is 11.6 Å². The Morgan fingerprint density at radius 2 is 2.15 bits per heavy atom. The Morgan fingerprint density at radius 3 is 2.85 bits per heavy atom. The fourth-order valence-corrected chi connectivity index (χ4v) is 1.72. The summed E-state index contributed by atoms with van der Waals surface area (Å²) < 4.78 is 0. The highest BCUT2D eigenvalue weighted by Gasteiger charge is 2.09. The highest BCUT2D eigenvalue weighted by atomic mass is 35.5. The van der Waals surface area contributed by atoms with E-state index in [9.17, 15) is 0 Å². The van der Waals surface area contributed by atoms with E-state index in [1.165, 1.54) is 12.8 Å². The van der Waals surface area contributed by atoms with Crippen LogP contribution in [0.3, 0.4) is 0 Å². The van der Waals surface area contributed by atoms with E-state index in [2.05, 4.69) is 17.5 Å². The average Bonchev–Trinajstić information content (AvgIpc) is 2.61. The Hall–Kier alpha value is -0.950. The molecule has 1 nitrogen and oxygen atoms in total. The first-order chi connectivity index (χ1) is 6.36. The summed E-state index contributed by atoms with van der Waals surface area (Å²) in [4.78, 5) is 0. The summed E-state index contributed by atoms with van der Waals surface area (Å²) in [6.45, 7) is 0. The molecule has 0 aliphatic heterocycles. The van der Waals surface area contributed by atoms with Crippen LogP contribution in [0.1, 0.15) is 12.8 Å². The molecule has 0 amide bonds. The molecule has 1 aliphatic rings. The predicted molar refractivity (Wildman–Crippen MR) is 57.2 cm³/mol. The lowest BCUT2D eigenvalue weighted by atomic mass is 10.2. The Kier molecular flexibility index (Phi) is 2.55. The molecular formula is C11H12ClN. The molecule has 0 heterocycles. The number of rotatable bonds is 2. The monoisotopic (exact) mass is 193 g/mol. The standard InChI is InChI=1S/C11H12ClN/c12-10-7-3-4-8-11(10)13-9-5-1-2-6-9/h1,3-5,7-9,13H,2,6H2/t9-/m1/s1. The normalized spacial score (nSPS) is 20.5. The second-order valence-electron chi connectivity index (χ2n) is 3.24. The average molecular weight is 194 g/mol. The summed E-state index contributed by atoms with van der Waals surface area (Å²) in [5.74, 6) is 0. The molecule has 0 unspecified atom stereocenters. The zero-order valence-electron chi connectivity index (χ0n) is 7.33. The Balaban J connectivity index is 2.09. The minimum atomic E-state index is 0.458. The number of nitrogens with one attached hydrogen (secondary N) is 1. The van der Waals surface area contributed by atoms with E-state index < -0.39 is 0 Å². The quantitative estimate of drug-likeness (QED) is 0.710. The molecule has 0 saturated carbocycles. The molecule has 1 N–H and O–H groups in total. The minimum Gasteiger partial charge on any atom is -0.378 e. The van der Waals surface area contributed by atoms with Crippen LogP contribution >= 0.6 is 11.6 Å². The smallest absolute Gasteiger partial charge is 0.0637 e. The predicted octanol–water partition coefficient (Wildman–Crippen LogP) is 3.47. The molecule has 13 heavy (non-hydrogen) atoms. The van der Waals surface area contributed by atoms with Gasteiger partial charge in [0.15, 0.2) is 0 Å². The lowest BCUT2D eigenvalue weighted by Crippen LogP contribution is -2.13. The molecule has 2 heteroatoms. The van der Waals surface area contributed by atoms with Crippen molar-refractivity contribution in [1.82, 2.24) is 0 Å². The maximum absolute atomic E-state index is 6.02. The second-order valence-corrected chi connectivity index (χ2v) is 3.64. The number of allylic oxidation sites excluding steroid dienone is 1. The van der Waals surface area contributed by atoms with Crippen molar-refractivity contribution in [3.8, 4) is 0 Å². The summed E-state index contributed by atoms with van der Waals surface area (Å²) in [5, 5.41) is 4.18. The molecule has 1 atom stereocenters. The van der Waals surface area contributed by atoms with Crippen molar-refractivity contribution in [2.24, 2.45) is 0 Å². The van der Waals surface area contributed by atoms with Crippen LogP contribution in [0.2, 0.25) is 5.02 Å². The first-order valence-electron chi connectivity index (χ1n) is 4.54. The first-order valence-corrected chi connectivity index (χ1v) is 4.92. The van der Waals surface area contributed by atoms with E-state index in [-0.39, 0.29) is 0 Å². The van der Waals surface area contributed by atoms with Gasteiger partial charge in [0, 0.05) is 6.04 Å². The van der Waals surface area contributed by atoms with Gasteiger partial charge in [0.25, 0.3) is 0 Å². The maximum atomic E-state index is 6.02. The lowest BCUT2D eigenvalue weighted by Gasteiger charge is -2.13. The molecule has 0 aromatic heterocycles. The number of hydrogen-bond donors (Lipinski definition) is 1. The van der Waals surface area contributed by atoms with Crippen molar-refractivity contribution in [3.05, 3.63) is 41.4 Å². The van der Waals surface area contributed by atoms with Gasteiger partial charge in [-0.25, -0.2) is 0 Å². The molecule has 2 rings (SSSR count). The van der Waals surface area contributed by atoms with E-state index in [1.54, 1.807) is 0 Å². The molecule has 0 bridgehead atoms. The molecule has 1 aromatic rings. The number of para-hydroxylation sites is 1. The van der Waals surface area contributed by atoms with Crippen molar-refractivity contribution >= 4 is 17.3 Å². The fourth-order valence-electron chi connectivity index (χ4n) is 1.53. The summed E-state index contributed by atoms with van der Waals surface area (Å²) in [7, 11) is 0. The second kappa shape index (κ2) is 3.84. The fraction of sp³-hybridized carbons (Fsp3) is 0.273. The van der Waals surface area contributed by atoms with Crippen molar-refractivity contribution in [2.75, 3.05) is 5.32 Å². The molecule has 68 valence electrons. The lowest BCUT2D eigenvalue weighted by molar-refractivity contribution is 0.826. The van der Waals surface area contributed by atoms with E-state index in [1.807, 2.05) is 24.3 Å². The van der Waals surface area contributed by atoms with Crippen LogP contribution in [0.5, 0.6) is 0 Å². The van der Waals surface area contributed by atoms with Gasteiger partial charge in [-0.05, 0) is 25.0 Å². The number of hydrogen-bond acceptors (Lipinski definition) is 1. The van der Waals surface area contributed by atoms with Crippen molar-refractivity contribution in [3.63, 3.8) is 0 Å². The molecule has 0 radical (unpaired) electrons. The van der Waals surface area contributed by atoms with Crippen LogP contribution in [0.25, 0.3) is 0 Å². The number of benzene rings is 1. The van der Waals surface area contributed by atoms with Crippen LogP contribution in [-0.4, -0.2) is 6.04 Å². The highest BCUT2D eigenvalue weighted by Crippen LogP contribution is 2.23. The molecule has 1 aliphatic carbocycles. The Bertz CT molecular complexity index is 320. The maximum Gasteiger partial charge on any atom is 0.0637 e. The van der Waals surface area contributed by atoms with Crippen LogP contribution in [0.4, 0.5) is 5.69 Å². The first kappa shape index (κ1) is 8.64. The van der Waals surface area contributed by atoms with Crippen LogP contribution < -0.4 is 5.32 Å². The summed E-state index contributed by atoms with van der Waals surface area (Å²) in [6, 6.07) is 8.31. The third-order valence-electron chi connectivity index (χ3n) is 2.23. The molecule has 0 saturated heterocycles. The topological polar surface area (TPSA) is 12.0 Å². The third kappa shape index (κ3) is 2.04. The zero-order valence-corrected chi connectivity index (χ0v) is 8.09. The van der Waals surface area contributed by atoms with Gasteiger partial charge < -0.3 is 5.32 Å². The summed E-state index contributed by atoms with van der Waals surface area (Å²) in [6.07, 6.45) is 6.74. The highest BCUT2D eigenvalue weighted by molar-refractivity contribution is 6.33. The van der Waals surface area contributed by atoms with Gasteiger partial charge in [0.05, 0.1) is 10.7 Å². The van der Waals surface area contributed by atoms with E-state index in [0.29, 0.717) is 6.04 Å². The Morgan fingerprint density at radius 1 is 1.31 bits per heavy atom. The molecular weight excluding hydrogens is 182 g/mol. The SMILES string of the molecule is Clc1ccccc1N[C@@H]1C=CCC1. The van der Waals surface area contributed by atoms with Crippen LogP contribution in [0.15, 0.2) is 36.4 Å². The van der Waals surface area contributed by atoms with E-state index >= 15 is 0 Å².